The minimum atomic E-state index is -1.19. The van der Waals surface area contributed by atoms with Crippen LogP contribution in [0.5, 0.6) is 0 Å². The Hall–Kier alpha value is -4.66. The highest BCUT2D eigenvalue weighted by Gasteiger charge is 2.32. The highest BCUT2D eigenvalue weighted by Crippen LogP contribution is 2.44. The Morgan fingerprint density at radius 3 is 2.02 bits per heavy atom. The van der Waals surface area contributed by atoms with Gasteiger partial charge in [-0.25, -0.2) is 23.3 Å². The molecule has 1 aliphatic rings. The molecular weight excluding hydrogens is 563 g/mol. The number of nitrogens with zero attached hydrogens (tertiary/aromatic N) is 1. The zero-order chi connectivity index (χ0) is 31.8. The van der Waals surface area contributed by atoms with E-state index in [2.05, 4.69) is 5.32 Å². The fraction of sp³-hybridized carbons (Fsp3) is 0.343. The van der Waals surface area contributed by atoms with Gasteiger partial charge in [0, 0.05) is 23.9 Å². The van der Waals surface area contributed by atoms with Crippen LogP contribution < -0.4 is 5.32 Å². The first-order chi connectivity index (χ1) is 20.7. The molecule has 0 saturated carbocycles. The van der Waals surface area contributed by atoms with E-state index in [0.717, 1.165) is 26.8 Å². The molecule has 4 aromatic rings. The van der Waals surface area contributed by atoms with Crippen molar-refractivity contribution in [1.82, 2.24) is 9.88 Å². The standard InChI is InChI=1S/C35H37FN2O6/c1-34(2,3)43-31(39)29(18-21-19-38(33(41)44-35(4,5)6)30-22(21)16-11-17-28(30)36)37-32(40)42-20-27-25-14-9-7-12-23(25)24-13-8-10-15-26(24)27/h7-17,19,27,29H,18,20H2,1-6H3,(H,37,40)/t29-/m0/s1. The lowest BCUT2D eigenvalue weighted by atomic mass is 9.98. The summed E-state index contributed by atoms with van der Waals surface area (Å²) in [6, 6.07) is 19.2. The Labute approximate surface area is 256 Å². The molecule has 1 N–H and O–H groups in total. The van der Waals surface area contributed by atoms with Crippen molar-refractivity contribution in [3.63, 3.8) is 0 Å². The maximum Gasteiger partial charge on any atom is 0.419 e. The summed E-state index contributed by atoms with van der Waals surface area (Å²) < 4.78 is 32.9. The summed E-state index contributed by atoms with van der Waals surface area (Å²) in [5.74, 6) is -1.48. The third kappa shape index (κ3) is 6.61. The van der Waals surface area contributed by atoms with Gasteiger partial charge in [-0.05, 0) is 75.4 Å². The first-order valence-electron chi connectivity index (χ1n) is 14.6. The SMILES string of the molecule is CC(C)(C)OC(=O)[C@H](Cc1cn(C(=O)OC(C)(C)C)c2c(F)cccc12)NC(=O)OCC1c2ccccc2-c2ccccc21. The third-order valence-corrected chi connectivity index (χ3v) is 7.20. The van der Waals surface area contributed by atoms with Crippen molar-refractivity contribution in [1.29, 1.82) is 0 Å². The molecule has 8 nitrogen and oxygen atoms in total. The number of amides is 1. The van der Waals surface area contributed by atoms with Gasteiger partial charge in [0.2, 0.25) is 0 Å². The Balaban J connectivity index is 1.40. The van der Waals surface area contributed by atoms with Crippen LogP contribution in [0.1, 0.15) is 64.2 Å². The van der Waals surface area contributed by atoms with Crippen LogP contribution in [0.4, 0.5) is 14.0 Å². The fourth-order valence-electron chi connectivity index (χ4n) is 5.50. The predicted octanol–water partition coefficient (Wildman–Crippen LogP) is 7.36. The van der Waals surface area contributed by atoms with Gasteiger partial charge >= 0.3 is 18.2 Å². The van der Waals surface area contributed by atoms with E-state index in [9.17, 15) is 14.4 Å². The molecule has 1 aliphatic carbocycles. The summed E-state index contributed by atoms with van der Waals surface area (Å²) in [5.41, 5.74) is 3.11. The van der Waals surface area contributed by atoms with Crippen molar-refractivity contribution < 1.29 is 33.0 Å². The van der Waals surface area contributed by atoms with Crippen molar-refractivity contribution in [3.8, 4) is 11.1 Å². The molecular formula is C35H37FN2O6. The van der Waals surface area contributed by atoms with E-state index in [1.165, 1.54) is 18.3 Å². The van der Waals surface area contributed by atoms with E-state index in [0.29, 0.717) is 10.9 Å². The molecule has 44 heavy (non-hydrogen) atoms. The number of hydrogen-bond donors (Lipinski definition) is 1. The van der Waals surface area contributed by atoms with Crippen LogP contribution in [0.25, 0.3) is 22.0 Å². The summed E-state index contributed by atoms with van der Waals surface area (Å²) in [6.45, 7) is 10.4. The number of esters is 1. The number of nitrogens with one attached hydrogen (secondary N) is 1. The minimum Gasteiger partial charge on any atom is -0.458 e. The van der Waals surface area contributed by atoms with Gasteiger partial charge in [-0.3, -0.25) is 0 Å². The van der Waals surface area contributed by atoms with E-state index >= 15 is 4.39 Å². The average molecular weight is 601 g/mol. The molecule has 1 heterocycles. The number of carbonyl (C=O) groups is 3. The second-order valence-electron chi connectivity index (χ2n) is 12.9. The smallest absolute Gasteiger partial charge is 0.419 e. The van der Waals surface area contributed by atoms with Gasteiger partial charge < -0.3 is 19.5 Å². The maximum absolute atomic E-state index is 15.0. The number of carbonyl (C=O) groups excluding carboxylic acids is 3. The molecule has 5 rings (SSSR count). The molecule has 0 aliphatic heterocycles. The second kappa shape index (κ2) is 11.8. The van der Waals surface area contributed by atoms with Gasteiger partial charge in [-0.1, -0.05) is 60.7 Å². The third-order valence-electron chi connectivity index (χ3n) is 7.20. The molecule has 0 spiro atoms. The summed E-state index contributed by atoms with van der Waals surface area (Å²) >= 11 is 0. The average Bonchev–Trinajstić information content (AvgIpc) is 3.46. The van der Waals surface area contributed by atoms with Crippen LogP contribution in [-0.2, 0) is 25.4 Å². The van der Waals surface area contributed by atoms with Gasteiger partial charge in [-0.2, -0.15) is 0 Å². The van der Waals surface area contributed by atoms with Crippen molar-refractivity contribution in [2.24, 2.45) is 0 Å². The van der Waals surface area contributed by atoms with Crippen LogP contribution in [0.15, 0.2) is 72.9 Å². The zero-order valence-corrected chi connectivity index (χ0v) is 25.8. The molecule has 0 saturated heterocycles. The number of rotatable bonds is 6. The van der Waals surface area contributed by atoms with Gasteiger partial charge in [0.05, 0.1) is 5.52 Å². The molecule has 9 heteroatoms. The number of hydrogen-bond acceptors (Lipinski definition) is 6. The van der Waals surface area contributed by atoms with Gasteiger partial charge in [0.25, 0.3) is 0 Å². The molecule has 0 bridgehead atoms. The number of aromatic nitrogens is 1. The highest BCUT2D eigenvalue weighted by atomic mass is 19.1. The number of ether oxygens (including phenoxy) is 3. The number of para-hydroxylation sites is 1. The lowest BCUT2D eigenvalue weighted by Gasteiger charge is -2.24. The quantitative estimate of drug-likeness (QED) is 0.184. The monoisotopic (exact) mass is 600 g/mol. The van der Waals surface area contributed by atoms with Gasteiger partial charge in [0.15, 0.2) is 0 Å². The number of alkyl carbamates (subject to hydrolysis) is 1. The summed E-state index contributed by atoms with van der Waals surface area (Å²) in [6.07, 6.45) is -0.227. The molecule has 3 aromatic carbocycles. The zero-order valence-electron chi connectivity index (χ0n) is 25.8. The largest absolute Gasteiger partial charge is 0.458 e. The Morgan fingerprint density at radius 2 is 1.43 bits per heavy atom. The first-order valence-corrected chi connectivity index (χ1v) is 14.6. The van der Waals surface area contributed by atoms with E-state index in [4.69, 9.17) is 14.2 Å². The summed E-state index contributed by atoms with van der Waals surface area (Å²) in [4.78, 5) is 39.6. The van der Waals surface area contributed by atoms with Crippen LogP contribution in [0.2, 0.25) is 0 Å². The van der Waals surface area contributed by atoms with Crippen LogP contribution in [0, 0.1) is 5.82 Å². The molecule has 1 aromatic heterocycles. The summed E-state index contributed by atoms with van der Waals surface area (Å²) in [5, 5.41) is 3.06. The van der Waals surface area contributed by atoms with Crippen LogP contribution in [0.3, 0.4) is 0 Å². The molecule has 0 unspecified atom stereocenters. The van der Waals surface area contributed by atoms with Crippen molar-refractivity contribution in [2.45, 2.75) is 71.1 Å². The molecule has 1 atom stereocenters. The molecule has 1 amide bonds. The van der Waals surface area contributed by atoms with E-state index in [1.807, 2.05) is 48.5 Å². The van der Waals surface area contributed by atoms with Crippen LogP contribution >= 0.6 is 0 Å². The number of fused-ring (bicyclic) bond motifs is 4. The minimum absolute atomic E-state index is 0.0147. The first kappa shape index (κ1) is 30.8. The lowest BCUT2D eigenvalue weighted by molar-refractivity contribution is -0.157. The Morgan fingerprint density at radius 1 is 0.841 bits per heavy atom. The van der Waals surface area contributed by atoms with E-state index < -0.39 is 41.2 Å². The Bertz CT molecular complexity index is 1680. The number of halogens is 1. The normalized spacial score (nSPS) is 13.6. The number of benzene rings is 3. The second-order valence-corrected chi connectivity index (χ2v) is 12.9. The van der Waals surface area contributed by atoms with Crippen molar-refractivity contribution >= 4 is 29.1 Å². The van der Waals surface area contributed by atoms with Crippen LogP contribution in [-0.4, -0.2) is 46.6 Å². The van der Waals surface area contributed by atoms with Crippen molar-refractivity contribution in [3.05, 3.63) is 95.4 Å². The molecule has 0 radical (unpaired) electrons. The summed E-state index contributed by atoms with van der Waals surface area (Å²) in [7, 11) is 0. The van der Waals surface area contributed by atoms with Gasteiger partial charge in [-0.15, -0.1) is 0 Å². The van der Waals surface area contributed by atoms with Gasteiger partial charge in [0.1, 0.15) is 29.7 Å². The van der Waals surface area contributed by atoms with Crippen molar-refractivity contribution in [2.75, 3.05) is 6.61 Å². The predicted molar refractivity (Wildman–Crippen MR) is 165 cm³/mol. The maximum atomic E-state index is 15.0. The van der Waals surface area contributed by atoms with E-state index in [-0.39, 0.29) is 24.5 Å². The topological polar surface area (TPSA) is 95.9 Å². The fourth-order valence-corrected chi connectivity index (χ4v) is 5.50. The molecule has 0 fully saturated rings. The van der Waals surface area contributed by atoms with E-state index in [1.54, 1.807) is 47.6 Å². The Kier molecular flexibility index (Phi) is 8.25. The molecule has 230 valence electrons. The highest BCUT2D eigenvalue weighted by molar-refractivity contribution is 5.93. The lowest BCUT2D eigenvalue weighted by Crippen LogP contribution is -2.46.